The highest BCUT2D eigenvalue weighted by atomic mass is 32.1. The van der Waals surface area contributed by atoms with E-state index in [2.05, 4.69) is 48.9 Å². The minimum absolute atomic E-state index is 0. The molecule has 1 aromatic carbocycles. The van der Waals surface area contributed by atoms with Gasteiger partial charge in [0.15, 0.2) is 0 Å². The lowest BCUT2D eigenvalue weighted by Crippen LogP contribution is -1.99. The third-order valence-corrected chi connectivity index (χ3v) is 5.01. The maximum atomic E-state index is 4.95. The summed E-state index contributed by atoms with van der Waals surface area (Å²) in [6.45, 7) is 6.47. The quantitative estimate of drug-likeness (QED) is 0.443. The molecule has 27 heavy (non-hydrogen) atoms. The first kappa shape index (κ1) is 25.4. The Kier molecular flexibility index (Phi) is 13.6. The van der Waals surface area contributed by atoms with Gasteiger partial charge in [-0.25, -0.2) is 0 Å². The van der Waals surface area contributed by atoms with Gasteiger partial charge in [0.2, 0.25) is 0 Å². The van der Waals surface area contributed by atoms with E-state index in [0.717, 1.165) is 29.3 Å². The fourth-order valence-electron chi connectivity index (χ4n) is 3.10. The van der Waals surface area contributed by atoms with E-state index in [-0.39, 0.29) is 7.43 Å². The van der Waals surface area contributed by atoms with E-state index in [9.17, 15) is 0 Å². The molecule has 1 saturated carbocycles. The van der Waals surface area contributed by atoms with E-state index in [1.54, 1.807) is 5.37 Å². The molecule has 2 aliphatic rings. The largest absolute Gasteiger partial charge is 0.333 e. The molecule has 0 spiro atoms. The van der Waals surface area contributed by atoms with Crippen LogP contribution in [0.4, 0.5) is 5.69 Å². The molecule has 0 bridgehead atoms. The Bertz CT molecular complexity index is 650. The summed E-state index contributed by atoms with van der Waals surface area (Å²) in [6, 6.07) is 6.11. The zero-order valence-electron chi connectivity index (χ0n) is 16.8. The maximum absolute atomic E-state index is 4.95. The predicted molar refractivity (Wildman–Crippen MR) is 128 cm³/mol. The van der Waals surface area contributed by atoms with Gasteiger partial charge in [0, 0.05) is 11.1 Å². The molecule has 150 valence electrons. The minimum Gasteiger partial charge on any atom is -0.333 e. The van der Waals surface area contributed by atoms with E-state index in [1.807, 2.05) is 19.1 Å². The van der Waals surface area contributed by atoms with E-state index < -0.39 is 0 Å². The van der Waals surface area contributed by atoms with E-state index in [0.29, 0.717) is 0 Å². The van der Waals surface area contributed by atoms with Crippen LogP contribution in [-0.4, -0.2) is 18.1 Å². The second kappa shape index (κ2) is 14.5. The second-order valence-electron chi connectivity index (χ2n) is 6.90. The van der Waals surface area contributed by atoms with Crippen LogP contribution in [-0.2, 0) is 0 Å². The number of thiocarbonyl (C=S) groups is 1. The summed E-state index contributed by atoms with van der Waals surface area (Å²) in [4.78, 5) is 4.68. The molecular weight excluding hydrogens is 348 g/mol. The van der Waals surface area contributed by atoms with Gasteiger partial charge in [-0.3, -0.25) is 4.99 Å². The van der Waals surface area contributed by atoms with Gasteiger partial charge in [-0.2, -0.15) is 0 Å². The Balaban J connectivity index is 0.000000569. The minimum atomic E-state index is 0. The highest BCUT2D eigenvalue weighted by Gasteiger charge is 2.06. The fourth-order valence-corrected chi connectivity index (χ4v) is 3.25. The van der Waals surface area contributed by atoms with Crippen LogP contribution >= 0.6 is 12.2 Å². The lowest BCUT2D eigenvalue weighted by Gasteiger charge is -2.15. The molecule has 2 aliphatic carbocycles. The molecule has 0 amide bonds. The number of nitrogens with two attached hydrogens (primary N) is 1. The third kappa shape index (κ3) is 9.25. The molecule has 0 unspecified atom stereocenters. The Morgan fingerprint density at radius 1 is 1.19 bits per heavy atom. The van der Waals surface area contributed by atoms with Crippen LogP contribution in [0.15, 0.2) is 47.0 Å². The molecule has 0 radical (unpaired) electrons. The standard InChI is InChI=1S/C15H15NS.C7H14.CH5N.CH4/c1-11-7-8-13(10-17)9-15(11)16-12(2)14-5-3-4-6-14;1-7-5-3-2-4-6-7;1-2;/h3,5-10H,4H2,1-2H3;7H,2-6H2,1H3;2H2,1H3;1H4. The van der Waals surface area contributed by atoms with Gasteiger partial charge in [0.05, 0.1) is 5.69 Å². The van der Waals surface area contributed by atoms with Gasteiger partial charge in [-0.05, 0) is 56.0 Å². The molecule has 2 nitrogen and oxygen atoms in total. The summed E-state index contributed by atoms with van der Waals surface area (Å²) in [5, 5.41) is 1.68. The van der Waals surface area contributed by atoms with Gasteiger partial charge < -0.3 is 5.73 Å². The van der Waals surface area contributed by atoms with Gasteiger partial charge >= 0.3 is 0 Å². The van der Waals surface area contributed by atoms with Gasteiger partial charge in [0.25, 0.3) is 0 Å². The molecule has 0 heterocycles. The van der Waals surface area contributed by atoms with Crippen molar-refractivity contribution in [3.8, 4) is 0 Å². The van der Waals surface area contributed by atoms with Crippen LogP contribution in [0.1, 0.15) is 70.9 Å². The molecule has 1 aromatic rings. The zero-order chi connectivity index (χ0) is 19.4. The molecule has 0 atom stereocenters. The lowest BCUT2D eigenvalue weighted by atomic mass is 9.91. The van der Waals surface area contributed by atoms with Crippen molar-refractivity contribution in [3.63, 3.8) is 0 Å². The Morgan fingerprint density at radius 2 is 1.85 bits per heavy atom. The molecule has 0 aromatic heterocycles. The molecule has 2 N–H and O–H groups in total. The Morgan fingerprint density at radius 3 is 2.33 bits per heavy atom. The van der Waals surface area contributed by atoms with Crippen molar-refractivity contribution in [2.75, 3.05) is 7.05 Å². The van der Waals surface area contributed by atoms with Crippen molar-refractivity contribution < 1.29 is 0 Å². The van der Waals surface area contributed by atoms with Crippen LogP contribution < -0.4 is 5.73 Å². The summed E-state index contributed by atoms with van der Waals surface area (Å²) in [7, 11) is 1.50. The number of nitrogens with zero attached hydrogens (tertiary/aromatic N) is 1. The number of hydrogen-bond acceptors (Lipinski definition) is 3. The zero-order valence-corrected chi connectivity index (χ0v) is 17.6. The number of rotatable bonds is 3. The van der Waals surface area contributed by atoms with Crippen LogP contribution in [0.2, 0.25) is 0 Å². The monoisotopic (exact) mass is 386 g/mol. The molecule has 3 heteroatoms. The fraction of sp³-hybridized carbons (Fsp3) is 0.500. The van der Waals surface area contributed by atoms with Crippen LogP contribution in [0.3, 0.4) is 0 Å². The second-order valence-corrected chi connectivity index (χ2v) is 7.14. The average Bonchev–Trinajstić information content (AvgIpc) is 3.21. The van der Waals surface area contributed by atoms with Crippen molar-refractivity contribution in [2.45, 2.75) is 66.7 Å². The summed E-state index contributed by atoms with van der Waals surface area (Å²) in [5.41, 5.74) is 9.99. The van der Waals surface area contributed by atoms with Gasteiger partial charge in [-0.15, -0.1) is 0 Å². The number of aryl methyl sites for hydroxylation is 1. The van der Waals surface area contributed by atoms with Gasteiger partial charge in [0.1, 0.15) is 0 Å². The first-order chi connectivity index (χ1) is 12.6. The first-order valence-electron chi connectivity index (χ1n) is 9.66. The highest BCUT2D eigenvalue weighted by molar-refractivity contribution is 7.79. The Labute approximate surface area is 172 Å². The lowest BCUT2D eigenvalue weighted by molar-refractivity contribution is 0.385. The smallest absolute Gasteiger partial charge is 0.0668 e. The number of aliphatic imine (C=N–C) groups is 1. The number of benzene rings is 1. The van der Waals surface area contributed by atoms with E-state index in [4.69, 9.17) is 12.2 Å². The van der Waals surface area contributed by atoms with Crippen molar-refractivity contribution in [3.05, 3.63) is 53.1 Å². The predicted octanol–water partition coefficient (Wildman–Crippen LogP) is 7.12. The van der Waals surface area contributed by atoms with Crippen LogP contribution in [0.25, 0.3) is 0 Å². The van der Waals surface area contributed by atoms with Gasteiger partial charge in [-0.1, -0.05) is 89.0 Å². The molecule has 3 rings (SSSR count). The molecule has 0 aliphatic heterocycles. The van der Waals surface area contributed by atoms with Crippen LogP contribution in [0.5, 0.6) is 0 Å². The average molecular weight is 387 g/mol. The number of hydrogen-bond donors (Lipinski definition) is 1. The third-order valence-electron chi connectivity index (χ3n) is 4.74. The maximum Gasteiger partial charge on any atom is 0.0668 e. The molecule has 1 fully saturated rings. The summed E-state index contributed by atoms with van der Waals surface area (Å²) >= 11 is 4.95. The number of allylic oxidation sites excluding steroid dienone is 4. The summed E-state index contributed by atoms with van der Waals surface area (Å²) in [5.74, 6) is 1.04. The molecular formula is C24H38N2S. The summed E-state index contributed by atoms with van der Waals surface area (Å²) < 4.78 is 0. The van der Waals surface area contributed by atoms with Crippen molar-refractivity contribution >= 4 is 29.0 Å². The SMILES string of the molecule is C.CC(=Nc1cc(C=S)ccc1C)C1=CCC=C1.CC1CCCCC1.CN. The van der Waals surface area contributed by atoms with Crippen molar-refractivity contribution in [1.82, 2.24) is 0 Å². The summed E-state index contributed by atoms with van der Waals surface area (Å²) in [6.07, 6.45) is 14.9. The van der Waals surface area contributed by atoms with E-state index in [1.165, 1.54) is 50.3 Å². The Hall–Kier alpha value is -1.58. The normalized spacial score (nSPS) is 16.2. The first-order valence-corrected chi connectivity index (χ1v) is 10.1. The highest BCUT2D eigenvalue weighted by Crippen LogP contribution is 2.23. The van der Waals surface area contributed by atoms with Crippen molar-refractivity contribution in [2.24, 2.45) is 16.6 Å². The van der Waals surface area contributed by atoms with Crippen molar-refractivity contribution in [1.29, 1.82) is 0 Å². The molecule has 0 saturated heterocycles. The van der Waals surface area contributed by atoms with E-state index >= 15 is 0 Å². The topological polar surface area (TPSA) is 38.4 Å². The van der Waals surface area contributed by atoms with Crippen LogP contribution in [0, 0.1) is 12.8 Å².